The van der Waals surface area contributed by atoms with Gasteiger partial charge in [0.05, 0.1) is 34.3 Å². The largest absolute Gasteiger partial charge is 0.465 e. The summed E-state index contributed by atoms with van der Waals surface area (Å²) in [6, 6.07) is 0. The van der Waals surface area contributed by atoms with Crippen molar-refractivity contribution in [3.05, 3.63) is 52.4 Å². The highest BCUT2D eigenvalue weighted by atomic mass is 35.5. The molecule has 0 aromatic heterocycles. The maximum atomic E-state index is 13.2. The molecule has 0 radical (unpaired) electrons. The quantitative estimate of drug-likeness (QED) is 0.113. The van der Waals surface area contributed by atoms with E-state index in [2.05, 4.69) is 0 Å². The number of carbonyl (C=O) groups excluding carboxylic acids is 4. The normalized spacial score (nSPS) is 12.5. The van der Waals surface area contributed by atoms with Gasteiger partial charge in [0.15, 0.2) is 11.5 Å². The summed E-state index contributed by atoms with van der Waals surface area (Å²) in [6.07, 6.45) is 1.12. The molecule has 0 unspecified atom stereocenters. The average Bonchev–Trinajstić information content (AvgIpc) is 2.90. The minimum Gasteiger partial charge on any atom is -0.465 e. The molecular weight excluding hydrogens is 749 g/mol. The van der Waals surface area contributed by atoms with Crippen LogP contribution >= 0.6 is 69.6 Å². The van der Waals surface area contributed by atoms with Gasteiger partial charge in [-0.3, -0.25) is 0 Å². The first kappa shape index (κ1) is 42.2. The van der Waals surface area contributed by atoms with Gasteiger partial charge < -0.3 is 18.9 Å². The first-order valence-electron chi connectivity index (χ1n) is 14.7. The fourth-order valence-corrected chi connectivity index (χ4v) is 8.78. The topological polar surface area (TPSA) is 105 Å². The lowest BCUT2D eigenvalue weighted by atomic mass is 9.72. The Morgan fingerprint density at radius 1 is 0.479 bits per heavy atom. The summed E-state index contributed by atoms with van der Waals surface area (Å²) in [5, 5.41) is -1.37. The second-order valence-corrected chi connectivity index (χ2v) is 17.3. The average molecular weight is 789 g/mol. The number of rotatable bonds is 8. The van der Waals surface area contributed by atoms with Crippen LogP contribution in [-0.2, 0) is 29.9 Å². The zero-order valence-corrected chi connectivity index (χ0v) is 33.5. The van der Waals surface area contributed by atoms with Crippen LogP contribution in [0.4, 0.5) is 0 Å². The Morgan fingerprint density at radius 3 is 0.979 bits per heavy atom. The molecule has 2 rings (SSSR count). The van der Waals surface area contributed by atoms with Crippen molar-refractivity contribution in [3.8, 4) is 11.5 Å². The van der Waals surface area contributed by atoms with Crippen LogP contribution in [0.3, 0.4) is 0 Å². The van der Waals surface area contributed by atoms with E-state index in [0.717, 1.165) is 14.2 Å². The number of hydrogen-bond donors (Lipinski definition) is 0. The summed E-state index contributed by atoms with van der Waals surface area (Å²) in [5.74, 6) is -6.72. The molecule has 0 amide bonds. The monoisotopic (exact) mass is 786 g/mol. The molecule has 0 spiro atoms. The SMILES string of the molecule is COC(=O)c1c(Cl)c(C(C)(C)CC(C)(C)C)c(Cl)c(Cl)c1OC(=O)C(=O)Oc1c(Cl)c(Cl)c(C(C)(C)CC(C)(C)C)c(Cl)c1C(=O)OC. The van der Waals surface area contributed by atoms with Crippen LogP contribution in [0, 0.1) is 10.8 Å². The Morgan fingerprint density at radius 2 is 0.750 bits per heavy atom. The Balaban J connectivity index is 2.72. The highest BCUT2D eigenvalue weighted by molar-refractivity contribution is 6.48. The van der Waals surface area contributed by atoms with Gasteiger partial charge in [0.2, 0.25) is 0 Å². The van der Waals surface area contributed by atoms with E-state index in [9.17, 15) is 19.2 Å². The number of hydrogen-bond acceptors (Lipinski definition) is 8. The zero-order chi connectivity index (χ0) is 37.5. The van der Waals surface area contributed by atoms with Crippen LogP contribution in [0.25, 0.3) is 0 Å². The molecule has 8 nitrogen and oxygen atoms in total. The van der Waals surface area contributed by atoms with E-state index < -0.39 is 57.3 Å². The van der Waals surface area contributed by atoms with Crippen LogP contribution in [0.15, 0.2) is 0 Å². The molecule has 0 saturated heterocycles. The number of methoxy groups -OCH3 is 2. The number of carbonyl (C=O) groups is 4. The van der Waals surface area contributed by atoms with E-state index in [1.807, 2.05) is 69.2 Å². The van der Waals surface area contributed by atoms with Crippen LogP contribution in [0.1, 0.15) is 114 Å². The molecule has 2 aromatic rings. The Kier molecular flexibility index (Phi) is 13.3. The smallest absolute Gasteiger partial charge is 0.423 e. The van der Waals surface area contributed by atoms with Gasteiger partial charge in [-0.2, -0.15) is 0 Å². The van der Waals surface area contributed by atoms with E-state index in [-0.39, 0.29) is 41.0 Å². The summed E-state index contributed by atoms with van der Waals surface area (Å²) in [7, 11) is 2.16. The minimum absolute atomic E-state index is 0.109. The Bertz CT molecular complexity index is 1530. The maximum Gasteiger partial charge on any atom is 0.423 e. The molecule has 0 N–H and O–H groups in total. The summed E-state index contributed by atoms with van der Waals surface area (Å²) < 4.78 is 20.4. The van der Waals surface area contributed by atoms with E-state index in [1.165, 1.54) is 0 Å². The second kappa shape index (κ2) is 15.1. The van der Waals surface area contributed by atoms with Crippen LogP contribution in [0.2, 0.25) is 30.1 Å². The molecule has 0 bridgehead atoms. The van der Waals surface area contributed by atoms with E-state index in [4.69, 9.17) is 88.6 Å². The second-order valence-electron chi connectivity index (χ2n) is 15.0. The number of benzene rings is 2. The molecule has 0 fully saturated rings. The third-order valence-corrected chi connectivity index (χ3v) is 9.62. The first-order valence-corrected chi connectivity index (χ1v) is 16.9. The molecule has 0 atom stereocenters. The predicted molar refractivity (Wildman–Crippen MR) is 191 cm³/mol. The molecule has 2 aromatic carbocycles. The predicted octanol–water partition coefficient (Wildman–Crippen LogP) is 11.1. The summed E-state index contributed by atoms with van der Waals surface area (Å²) in [4.78, 5) is 52.4. The molecule has 48 heavy (non-hydrogen) atoms. The van der Waals surface area contributed by atoms with Gasteiger partial charge in [0, 0.05) is 0 Å². The first-order chi connectivity index (χ1) is 21.6. The molecule has 0 aliphatic rings. The van der Waals surface area contributed by atoms with Crippen LogP contribution < -0.4 is 9.47 Å². The molecule has 0 heterocycles. The van der Waals surface area contributed by atoms with Crippen LogP contribution in [0.5, 0.6) is 11.5 Å². The minimum atomic E-state index is -1.69. The summed E-state index contributed by atoms with van der Waals surface area (Å²) in [6.45, 7) is 19.5. The fourth-order valence-electron chi connectivity index (χ4n) is 6.33. The lowest BCUT2D eigenvalue weighted by Gasteiger charge is -2.35. The molecular formula is C34H40Cl6O8. The van der Waals surface area contributed by atoms with E-state index in [1.54, 1.807) is 0 Å². The zero-order valence-electron chi connectivity index (χ0n) is 28.9. The lowest BCUT2D eigenvalue weighted by molar-refractivity contribution is -0.156. The molecule has 0 saturated carbocycles. The highest BCUT2D eigenvalue weighted by Gasteiger charge is 2.40. The van der Waals surface area contributed by atoms with Gasteiger partial charge >= 0.3 is 23.9 Å². The van der Waals surface area contributed by atoms with Crippen molar-refractivity contribution in [2.45, 2.75) is 92.9 Å². The lowest BCUT2D eigenvalue weighted by Crippen LogP contribution is -2.29. The molecule has 14 heteroatoms. The van der Waals surface area contributed by atoms with E-state index >= 15 is 0 Å². The van der Waals surface area contributed by atoms with Gasteiger partial charge in [0.25, 0.3) is 0 Å². The van der Waals surface area contributed by atoms with Crippen molar-refractivity contribution in [2.75, 3.05) is 14.2 Å². The van der Waals surface area contributed by atoms with E-state index in [0.29, 0.717) is 24.0 Å². The highest BCUT2D eigenvalue weighted by Crippen LogP contribution is 2.52. The van der Waals surface area contributed by atoms with Crippen molar-refractivity contribution in [1.29, 1.82) is 0 Å². The third kappa shape index (κ3) is 9.23. The van der Waals surface area contributed by atoms with Gasteiger partial charge in [-0.05, 0) is 45.6 Å². The maximum absolute atomic E-state index is 13.2. The van der Waals surface area contributed by atoms with Crippen molar-refractivity contribution in [1.82, 2.24) is 0 Å². The number of esters is 4. The Hall–Kier alpha value is -1.94. The van der Waals surface area contributed by atoms with Crippen molar-refractivity contribution < 1.29 is 38.1 Å². The van der Waals surface area contributed by atoms with Crippen molar-refractivity contribution in [2.24, 2.45) is 10.8 Å². The summed E-state index contributed by atoms with van der Waals surface area (Å²) in [5.41, 5.74) is -2.13. The number of ether oxygens (including phenoxy) is 4. The van der Waals surface area contributed by atoms with Gasteiger partial charge in [-0.25, -0.2) is 19.2 Å². The van der Waals surface area contributed by atoms with Crippen LogP contribution in [-0.4, -0.2) is 38.1 Å². The Labute approximate surface area is 311 Å². The molecule has 0 aliphatic carbocycles. The van der Waals surface area contributed by atoms with Crippen molar-refractivity contribution >= 4 is 93.5 Å². The fraction of sp³-hybridized carbons (Fsp3) is 0.529. The van der Waals surface area contributed by atoms with Gasteiger partial charge in [-0.15, -0.1) is 0 Å². The van der Waals surface area contributed by atoms with Crippen molar-refractivity contribution in [3.63, 3.8) is 0 Å². The molecule has 266 valence electrons. The van der Waals surface area contributed by atoms with Gasteiger partial charge in [0.1, 0.15) is 21.2 Å². The summed E-state index contributed by atoms with van der Waals surface area (Å²) >= 11 is 40.0. The molecule has 0 aliphatic heterocycles. The standard InChI is InChI=1S/C34H40Cl6O8/c1-31(2,3)13-33(7,8)17-19(35)15(27(41)45-11)25(23(39)21(17)37)47-29(43)30(44)48-26-16(28(42)46-12)20(36)18(22(38)24(26)40)34(9,10)14-32(4,5)6/h13-14H2,1-12H3. The number of halogens is 6. The third-order valence-electron chi connectivity index (χ3n) is 7.19. The van der Waals surface area contributed by atoms with Gasteiger partial charge in [-0.1, -0.05) is 139 Å².